The number of rotatable bonds is 11. The van der Waals surface area contributed by atoms with Crippen LogP contribution in [0.25, 0.3) is 5.76 Å². The number of Topliss-reactive ketones (excluding diaryl/α,β-unsaturated/α-hetero) is 1. The molecule has 1 heterocycles. The molecule has 1 amide bonds. The number of methoxy groups -OCH3 is 1. The zero-order valence-electron chi connectivity index (χ0n) is 21.1. The molecule has 0 aromatic heterocycles. The first-order valence-corrected chi connectivity index (χ1v) is 12.9. The van der Waals surface area contributed by atoms with Gasteiger partial charge in [-0.15, -0.1) is 0 Å². The lowest BCUT2D eigenvalue weighted by Gasteiger charge is -2.27. The number of nitrogens with zero attached hydrogens (tertiary/aromatic N) is 2. The molecule has 0 bridgehead atoms. The van der Waals surface area contributed by atoms with Gasteiger partial charge >= 0.3 is 0 Å². The molecular weight excluding hydrogens is 528 g/mol. The van der Waals surface area contributed by atoms with Gasteiger partial charge in [-0.3, -0.25) is 9.59 Å². The number of hydrogen-bond donors (Lipinski definition) is 2. The van der Waals surface area contributed by atoms with Crippen LogP contribution >= 0.6 is 15.9 Å². The highest BCUT2D eigenvalue weighted by molar-refractivity contribution is 9.10. The second-order valence-corrected chi connectivity index (χ2v) is 9.29. The van der Waals surface area contributed by atoms with Gasteiger partial charge in [0.1, 0.15) is 11.5 Å². The maximum Gasteiger partial charge on any atom is 0.295 e. The van der Waals surface area contributed by atoms with Gasteiger partial charge in [0.15, 0.2) is 11.5 Å². The molecule has 1 fully saturated rings. The molecule has 0 radical (unpaired) electrons. The van der Waals surface area contributed by atoms with Crippen molar-refractivity contribution in [3.05, 3.63) is 57.6 Å². The van der Waals surface area contributed by atoms with Crippen LogP contribution in [0.2, 0.25) is 0 Å². The number of ether oxygens (including phenoxy) is 2. The van der Waals surface area contributed by atoms with E-state index in [0.717, 1.165) is 19.6 Å². The van der Waals surface area contributed by atoms with E-state index in [4.69, 9.17) is 9.47 Å². The number of amides is 1. The lowest BCUT2D eigenvalue weighted by Crippen LogP contribution is -2.33. The summed E-state index contributed by atoms with van der Waals surface area (Å²) >= 11 is 3.33. The Kier molecular flexibility index (Phi) is 9.39. The first-order chi connectivity index (χ1) is 17.3. The van der Waals surface area contributed by atoms with Crippen molar-refractivity contribution in [3.63, 3.8) is 0 Å². The van der Waals surface area contributed by atoms with Gasteiger partial charge in [-0.25, -0.2) is 0 Å². The van der Waals surface area contributed by atoms with Crippen LogP contribution < -0.4 is 9.47 Å². The summed E-state index contributed by atoms with van der Waals surface area (Å²) in [5, 5.41) is 21.7. The predicted octanol–water partition coefficient (Wildman–Crippen LogP) is 4.72. The maximum absolute atomic E-state index is 13.3. The number of benzene rings is 2. The second-order valence-electron chi connectivity index (χ2n) is 8.38. The summed E-state index contributed by atoms with van der Waals surface area (Å²) in [6, 6.07) is 8.88. The predicted molar refractivity (Wildman–Crippen MR) is 141 cm³/mol. The molecule has 8 nitrogen and oxygen atoms in total. The fourth-order valence-electron chi connectivity index (χ4n) is 4.43. The van der Waals surface area contributed by atoms with E-state index in [1.165, 1.54) is 24.1 Å². The lowest BCUT2D eigenvalue weighted by molar-refractivity contribution is -0.140. The third-order valence-corrected chi connectivity index (χ3v) is 6.82. The monoisotopic (exact) mass is 560 g/mol. The largest absolute Gasteiger partial charge is 0.507 e. The van der Waals surface area contributed by atoms with Crippen LogP contribution in [0, 0.1) is 0 Å². The number of carbonyl (C=O) groups is 2. The van der Waals surface area contributed by atoms with E-state index in [1.54, 1.807) is 24.3 Å². The average Bonchev–Trinajstić information content (AvgIpc) is 3.13. The number of halogens is 1. The molecule has 1 aliphatic rings. The summed E-state index contributed by atoms with van der Waals surface area (Å²) in [4.78, 5) is 30.2. The lowest BCUT2D eigenvalue weighted by atomic mass is 9.94. The van der Waals surface area contributed by atoms with E-state index in [0.29, 0.717) is 41.1 Å². The topological polar surface area (TPSA) is 99.5 Å². The fourth-order valence-corrected chi connectivity index (χ4v) is 4.79. The fraction of sp³-hybridized carbons (Fsp3) is 0.407. The Morgan fingerprint density at radius 1 is 1.08 bits per heavy atom. The van der Waals surface area contributed by atoms with E-state index in [9.17, 15) is 19.8 Å². The molecule has 2 aromatic carbocycles. The van der Waals surface area contributed by atoms with Crippen LogP contribution in [0.15, 0.2) is 46.4 Å². The number of carbonyl (C=O) groups excluding carboxylic acids is 2. The Balaban J connectivity index is 2.13. The number of likely N-dealkylation sites (tertiary alicyclic amines) is 1. The van der Waals surface area contributed by atoms with Crippen molar-refractivity contribution in [2.45, 2.75) is 33.2 Å². The Morgan fingerprint density at radius 3 is 2.44 bits per heavy atom. The van der Waals surface area contributed by atoms with Crippen LogP contribution in [0.5, 0.6) is 17.2 Å². The molecule has 0 aliphatic carbocycles. The summed E-state index contributed by atoms with van der Waals surface area (Å²) in [7, 11) is 1.52. The van der Waals surface area contributed by atoms with Gasteiger partial charge in [-0.1, -0.05) is 35.8 Å². The Morgan fingerprint density at radius 2 is 1.81 bits per heavy atom. The van der Waals surface area contributed by atoms with E-state index in [1.807, 2.05) is 6.92 Å². The minimum Gasteiger partial charge on any atom is -0.507 e. The normalized spacial score (nSPS) is 17.2. The van der Waals surface area contributed by atoms with E-state index < -0.39 is 23.5 Å². The quantitative estimate of drug-likeness (QED) is 0.233. The van der Waals surface area contributed by atoms with Crippen LogP contribution in [-0.2, 0) is 9.59 Å². The highest BCUT2D eigenvalue weighted by Gasteiger charge is 2.46. The molecule has 194 valence electrons. The number of aliphatic hydroxyl groups is 1. The van der Waals surface area contributed by atoms with Crippen LogP contribution in [-0.4, -0.2) is 71.6 Å². The number of phenols is 1. The smallest absolute Gasteiger partial charge is 0.295 e. The first-order valence-electron chi connectivity index (χ1n) is 12.1. The van der Waals surface area contributed by atoms with E-state index >= 15 is 0 Å². The Bertz CT molecular complexity index is 1150. The molecule has 1 saturated heterocycles. The summed E-state index contributed by atoms with van der Waals surface area (Å²) in [5.74, 6) is -1.14. The number of aromatic hydroxyl groups is 1. The van der Waals surface area contributed by atoms with Crippen molar-refractivity contribution < 1.29 is 29.3 Å². The van der Waals surface area contributed by atoms with Gasteiger partial charge in [0.05, 0.1) is 30.9 Å². The molecule has 0 spiro atoms. The molecule has 9 heteroatoms. The van der Waals surface area contributed by atoms with Crippen LogP contribution in [0.3, 0.4) is 0 Å². The number of phenolic OH excluding ortho intramolecular Hbond substituents is 1. The molecule has 1 atom stereocenters. The van der Waals surface area contributed by atoms with E-state index in [2.05, 4.69) is 34.7 Å². The van der Waals surface area contributed by atoms with Crippen LogP contribution in [0.4, 0.5) is 0 Å². The third-order valence-electron chi connectivity index (χ3n) is 6.32. The zero-order chi connectivity index (χ0) is 26.4. The van der Waals surface area contributed by atoms with Crippen molar-refractivity contribution in [2.24, 2.45) is 0 Å². The molecule has 1 aliphatic heterocycles. The third kappa shape index (κ3) is 5.68. The van der Waals surface area contributed by atoms with Gasteiger partial charge < -0.3 is 29.5 Å². The van der Waals surface area contributed by atoms with Gasteiger partial charge in [0.25, 0.3) is 11.7 Å². The zero-order valence-corrected chi connectivity index (χ0v) is 22.7. The first kappa shape index (κ1) is 27.5. The van der Waals surface area contributed by atoms with Crippen molar-refractivity contribution in [1.29, 1.82) is 0 Å². The van der Waals surface area contributed by atoms with Gasteiger partial charge in [-0.2, -0.15) is 0 Å². The summed E-state index contributed by atoms with van der Waals surface area (Å²) in [5.41, 5.74) is 0.573. The van der Waals surface area contributed by atoms with Crippen molar-refractivity contribution in [3.8, 4) is 17.2 Å². The Labute approximate surface area is 220 Å². The molecule has 2 N–H and O–H groups in total. The standard InChI is InChI=1S/C27H33BrN2O6/c1-5-29(6-2)13-8-14-30-24(17-9-12-21(36-7-3)22(15-17)35-4)23(26(33)27(30)34)25(32)19-16-18(28)10-11-20(19)31/h9-12,15-16,24,31-32H,5-8,13-14H2,1-4H3/b25-23+. The molecule has 3 rings (SSSR count). The highest BCUT2D eigenvalue weighted by atomic mass is 79.9. The van der Waals surface area contributed by atoms with Crippen LogP contribution in [0.1, 0.15) is 44.4 Å². The maximum atomic E-state index is 13.3. The summed E-state index contributed by atoms with van der Waals surface area (Å²) in [6.45, 7) is 9.32. The minimum atomic E-state index is -0.857. The van der Waals surface area contributed by atoms with Gasteiger partial charge in [0, 0.05) is 11.0 Å². The minimum absolute atomic E-state index is 0.0633. The molecule has 2 aromatic rings. The van der Waals surface area contributed by atoms with Gasteiger partial charge in [-0.05, 0) is 68.9 Å². The van der Waals surface area contributed by atoms with Crippen molar-refractivity contribution in [1.82, 2.24) is 9.80 Å². The number of ketones is 1. The number of aliphatic hydroxyl groups excluding tert-OH is 1. The molecule has 0 saturated carbocycles. The van der Waals surface area contributed by atoms with Crippen molar-refractivity contribution >= 4 is 33.4 Å². The van der Waals surface area contributed by atoms with E-state index in [-0.39, 0.29) is 16.9 Å². The second kappa shape index (κ2) is 12.3. The molecular formula is C27H33BrN2O6. The molecule has 1 unspecified atom stereocenters. The highest BCUT2D eigenvalue weighted by Crippen LogP contribution is 2.43. The Hall–Kier alpha value is -3.04. The van der Waals surface area contributed by atoms with Crippen molar-refractivity contribution in [2.75, 3.05) is 39.9 Å². The average molecular weight is 561 g/mol. The summed E-state index contributed by atoms with van der Waals surface area (Å²) < 4.78 is 11.7. The number of hydrogen-bond acceptors (Lipinski definition) is 7. The summed E-state index contributed by atoms with van der Waals surface area (Å²) in [6.07, 6.45) is 0.654. The molecule has 36 heavy (non-hydrogen) atoms. The SMILES string of the molecule is CCOc1ccc(C2/C(=C(\O)c3cc(Br)ccc3O)C(=O)C(=O)N2CCCN(CC)CC)cc1OC. The van der Waals surface area contributed by atoms with Gasteiger partial charge in [0.2, 0.25) is 0 Å².